The van der Waals surface area contributed by atoms with Crippen molar-refractivity contribution in [3.63, 3.8) is 0 Å². The molecular weight excluding hydrogens is 296 g/mol. The van der Waals surface area contributed by atoms with Gasteiger partial charge in [-0.1, -0.05) is 42.5 Å². The molecule has 3 aromatic rings. The number of fused-ring (bicyclic) bond motifs is 1. The van der Waals surface area contributed by atoms with E-state index in [0.29, 0.717) is 6.42 Å². The largest absolute Gasteiger partial charge is 0.361 e. The van der Waals surface area contributed by atoms with E-state index in [0.717, 1.165) is 11.1 Å². The number of aromatic amines is 1. The SMILES string of the molecule is NC1N=CC=CC1(N)Cc1cccc(-c2ccc3cc[nH]c3c2)c1. The first kappa shape index (κ1) is 14.9. The number of H-pyrrole nitrogens is 1. The zero-order valence-electron chi connectivity index (χ0n) is 13.3. The highest BCUT2D eigenvalue weighted by Gasteiger charge is 2.31. The van der Waals surface area contributed by atoms with Crippen LogP contribution in [0.25, 0.3) is 22.0 Å². The van der Waals surface area contributed by atoms with E-state index in [1.165, 1.54) is 16.5 Å². The number of nitrogens with zero attached hydrogens (tertiary/aromatic N) is 1. The monoisotopic (exact) mass is 316 g/mol. The fourth-order valence-electron chi connectivity index (χ4n) is 3.21. The van der Waals surface area contributed by atoms with E-state index in [-0.39, 0.29) is 0 Å². The van der Waals surface area contributed by atoms with Crippen LogP contribution >= 0.6 is 0 Å². The van der Waals surface area contributed by atoms with Crippen molar-refractivity contribution in [3.05, 3.63) is 72.4 Å². The Balaban J connectivity index is 1.66. The van der Waals surface area contributed by atoms with Gasteiger partial charge in [0.15, 0.2) is 0 Å². The first-order valence-electron chi connectivity index (χ1n) is 8.06. The van der Waals surface area contributed by atoms with Crippen LogP contribution in [0.1, 0.15) is 5.56 Å². The lowest BCUT2D eigenvalue weighted by atomic mass is 9.86. The minimum atomic E-state index is -0.642. The third-order valence-electron chi connectivity index (χ3n) is 4.62. The van der Waals surface area contributed by atoms with E-state index in [1.54, 1.807) is 6.21 Å². The molecule has 0 radical (unpaired) electrons. The number of allylic oxidation sites excluding steroid dienone is 1. The molecule has 4 rings (SSSR count). The van der Waals surface area contributed by atoms with Gasteiger partial charge in [0.05, 0.1) is 5.54 Å². The molecule has 4 nitrogen and oxygen atoms in total. The van der Waals surface area contributed by atoms with E-state index in [1.807, 2.05) is 18.3 Å². The van der Waals surface area contributed by atoms with Gasteiger partial charge in [-0.15, -0.1) is 0 Å². The van der Waals surface area contributed by atoms with E-state index in [2.05, 4.69) is 58.5 Å². The van der Waals surface area contributed by atoms with Gasteiger partial charge in [0, 0.05) is 17.9 Å². The van der Waals surface area contributed by atoms with Crippen LogP contribution in [0, 0.1) is 0 Å². The summed E-state index contributed by atoms with van der Waals surface area (Å²) in [5, 5.41) is 1.21. The Hall–Kier alpha value is -2.69. The lowest BCUT2D eigenvalue weighted by Crippen LogP contribution is -2.55. The summed E-state index contributed by atoms with van der Waals surface area (Å²) in [5.74, 6) is 0. The van der Waals surface area contributed by atoms with Crippen molar-refractivity contribution in [2.45, 2.75) is 18.1 Å². The molecule has 2 heterocycles. The number of hydrogen-bond donors (Lipinski definition) is 3. The Morgan fingerprint density at radius 3 is 2.83 bits per heavy atom. The van der Waals surface area contributed by atoms with Gasteiger partial charge in [-0.05, 0) is 46.7 Å². The summed E-state index contributed by atoms with van der Waals surface area (Å²) < 4.78 is 0. The highest BCUT2D eigenvalue weighted by molar-refractivity contribution is 5.84. The predicted molar refractivity (Wildman–Crippen MR) is 100.0 cm³/mol. The smallest absolute Gasteiger partial charge is 0.119 e. The maximum Gasteiger partial charge on any atom is 0.119 e. The number of rotatable bonds is 3. The number of benzene rings is 2. The van der Waals surface area contributed by atoms with Crippen molar-refractivity contribution >= 4 is 17.1 Å². The summed E-state index contributed by atoms with van der Waals surface area (Å²) in [6, 6.07) is 17.0. The Bertz CT molecular complexity index is 937. The van der Waals surface area contributed by atoms with Crippen LogP contribution in [-0.4, -0.2) is 22.9 Å². The number of dihydropyridines is 1. The van der Waals surface area contributed by atoms with Crippen molar-refractivity contribution in [1.29, 1.82) is 0 Å². The second kappa shape index (κ2) is 5.74. The fourth-order valence-corrected chi connectivity index (χ4v) is 3.21. The summed E-state index contributed by atoms with van der Waals surface area (Å²) in [6.07, 6.45) is 7.72. The van der Waals surface area contributed by atoms with Gasteiger partial charge in [0.25, 0.3) is 0 Å². The maximum atomic E-state index is 6.45. The molecule has 0 amide bonds. The molecule has 2 aromatic carbocycles. The van der Waals surface area contributed by atoms with E-state index in [4.69, 9.17) is 11.5 Å². The molecule has 4 heteroatoms. The number of hydrogen-bond acceptors (Lipinski definition) is 3. The third-order valence-corrected chi connectivity index (χ3v) is 4.62. The molecule has 2 unspecified atom stereocenters. The van der Waals surface area contributed by atoms with Crippen molar-refractivity contribution in [2.24, 2.45) is 16.5 Å². The standard InChI is InChI=1S/C20H20N4/c21-19-20(22,8-2-9-24-19)13-14-3-1-4-16(11-14)17-6-5-15-7-10-23-18(15)12-17/h1-12,19,23H,13,21-22H2. The Labute approximate surface area is 140 Å². The zero-order valence-corrected chi connectivity index (χ0v) is 13.3. The van der Waals surface area contributed by atoms with Gasteiger partial charge in [0.2, 0.25) is 0 Å². The summed E-state index contributed by atoms with van der Waals surface area (Å²) in [4.78, 5) is 7.49. The number of nitrogens with one attached hydrogen (secondary N) is 1. The summed E-state index contributed by atoms with van der Waals surface area (Å²) in [5.41, 5.74) is 16.5. The molecule has 1 aliphatic heterocycles. The molecule has 24 heavy (non-hydrogen) atoms. The Morgan fingerprint density at radius 2 is 1.96 bits per heavy atom. The molecule has 0 saturated heterocycles. The van der Waals surface area contributed by atoms with Crippen LogP contribution in [0.5, 0.6) is 0 Å². The van der Waals surface area contributed by atoms with Crippen LogP contribution < -0.4 is 11.5 Å². The van der Waals surface area contributed by atoms with Crippen LogP contribution in [-0.2, 0) is 6.42 Å². The number of nitrogens with two attached hydrogens (primary N) is 2. The molecule has 0 saturated carbocycles. The molecule has 1 aliphatic rings. The van der Waals surface area contributed by atoms with Crippen molar-refractivity contribution < 1.29 is 0 Å². The first-order chi connectivity index (χ1) is 11.6. The van der Waals surface area contributed by atoms with Crippen molar-refractivity contribution in [3.8, 4) is 11.1 Å². The van der Waals surface area contributed by atoms with Crippen LogP contribution in [0.15, 0.2) is 71.9 Å². The Morgan fingerprint density at radius 1 is 1.08 bits per heavy atom. The topological polar surface area (TPSA) is 80.2 Å². The minimum Gasteiger partial charge on any atom is -0.361 e. The number of aromatic nitrogens is 1. The van der Waals surface area contributed by atoms with E-state index < -0.39 is 11.7 Å². The molecule has 0 spiro atoms. The highest BCUT2D eigenvalue weighted by atomic mass is 15.0. The van der Waals surface area contributed by atoms with Crippen LogP contribution in [0.2, 0.25) is 0 Å². The lowest BCUT2D eigenvalue weighted by molar-refractivity contribution is 0.426. The predicted octanol–water partition coefficient (Wildman–Crippen LogP) is 3.00. The highest BCUT2D eigenvalue weighted by Crippen LogP contribution is 2.26. The Kier molecular flexibility index (Phi) is 3.56. The molecule has 0 fully saturated rings. The van der Waals surface area contributed by atoms with Gasteiger partial charge >= 0.3 is 0 Å². The van der Waals surface area contributed by atoms with Crippen LogP contribution in [0.4, 0.5) is 0 Å². The van der Waals surface area contributed by atoms with E-state index in [9.17, 15) is 0 Å². The molecule has 0 aliphatic carbocycles. The van der Waals surface area contributed by atoms with Gasteiger partial charge in [0.1, 0.15) is 6.17 Å². The summed E-state index contributed by atoms with van der Waals surface area (Å²) in [6.45, 7) is 0. The van der Waals surface area contributed by atoms with E-state index >= 15 is 0 Å². The second-order valence-electron chi connectivity index (χ2n) is 6.37. The second-order valence-corrected chi connectivity index (χ2v) is 6.37. The van der Waals surface area contributed by atoms with Gasteiger partial charge in [-0.3, -0.25) is 4.99 Å². The quantitative estimate of drug-likeness (QED) is 0.694. The molecule has 0 bridgehead atoms. The number of aliphatic imine (C=N–C) groups is 1. The maximum absolute atomic E-state index is 6.45. The van der Waals surface area contributed by atoms with Crippen molar-refractivity contribution in [1.82, 2.24) is 4.98 Å². The average Bonchev–Trinajstić information content (AvgIpc) is 3.05. The lowest BCUT2D eigenvalue weighted by Gasteiger charge is -2.31. The minimum absolute atomic E-state index is 0.415. The first-order valence-corrected chi connectivity index (χ1v) is 8.06. The molecule has 5 N–H and O–H groups in total. The zero-order chi connectivity index (χ0) is 16.6. The molecule has 2 atom stereocenters. The molecule has 120 valence electrons. The third kappa shape index (κ3) is 2.66. The summed E-state index contributed by atoms with van der Waals surface area (Å²) >= 11 is 0. The van der Waals surface area contributed by atoms with Gasteiger partial charge in [-0.2, -0.15) is 0 Å². The molecule has 1 aromatic heterocycles. The van der Waals surface area contributed by atoms with Crippen molar-refractivity contribution in [2.75, 3.05) is 0 Å². The normalized spacial score (nSPS) is 23.0. The average molecular weight is 316 g/mol. The van der Waals surface area contributed by atoms with Gasteiger partial charge in [-0.25, -0.2) is 0 Å². The fraction of sp³-hybridized carbons (Fsp3) is 0.150. The van der Waals surface area contributed by atoms with Gasteiger partial charge < -0.3 is 16.5 Å². The van der Waals surface area contributed by atoms with Crippen LogP contribution in [0.3, 0.4) is 0 Å². The summed E-state index contributed by atoms with van der Waals surface area (Å²) in [7, 11) is 0. The molecular formula is C20H20N4.